The molecule has 2 aliphatic rings. The lowest BCUT2D eigenvalue weighted by Gasteiger charge is -2.45. The molecule has 0 spiro atoms. The second-order valence-corrected chi connectivity index (χ2v) is 10.1. The summed E-state index contributed by atoms with van der Waals surface area (Å²) in [5, 5.41) is 9.75. The number of aryl methyl sites for hydroxylation is 1. The van der Waals surface area contributed by atoms with E-state index in [1.165, 1.54) is 5.57 Å². The first-order chi connectivity index (χ1) is 13.6. The maximum atomic E-state index is 12.9. The summed E-state index contributed by atoms with van der Waals surface area (Å²) in [6.45, 7) is 6.94. The average molecular weight is 418 g/mol. The predicted molar refractivity (Wildman–Crippen MR) is 116 cm³/mol. The number of benzene rings is 1. The van der Waals surface area contributed by atoms with Gasteiger partial charge in [0.15, 0.2) is 0 Å². The van der Waals surface area contributed by atoms with Crippen molar-refractivity contribution < 1.29 is 14.7 Å². The molecule has 3 rings (SSSR count). The van der Waals surface area contributed by atoms with E-state index >= 15 is 0 Å². The molecule has 0 saturated heterocycles. The monoisotopic (exact) mass is 417 g/mol. The van der Waals surface area contributed by atoms with Crippen molar-refractivity contribution in [3.05, 3.63) is 46.1 Å². The third-order valence-corrected chi connectivity index (χ3v) is 6.67. The lowest BCUT2D eigenvalue weighted by atomic mass is 9.63. The molecule has 1 atom stereocenters. The quantitative estimate of drug-likeness (QED) is 0.643. The molecule has 0 aromatic heterocycles. The van der Waals surface area contributed by atoms with Crippen LogP contribution in [0.15, 0.2) is 30.0 Å². The Balaban J connectivity index is 1.89. The first-order valence-electron chi connectivity index (χ1n) is 10.6. The molecule has 1 amide bonds. The minimum atomic E-state index is -0.880. The molecule has 1 saturated carbocycles. The molecule has 0 bridgehead atoms. The zero-order valence-electron chi connectivity index (χ0n) is 17.8. The summed E-state index contributed by atoms with van der Waals surface area (Å²) in [6, 6.07) is 6.35. The van der Waals surface area contributed by atoms with Gasteiger partial charge in [-0.15, -0.1) is 0 Å². The number of nitrogens with zero attached hydrogens (tertiary/aromatic N) is 1. The fourth-order valence-electron chi connectivity index (χ4n) is 4.55. The molecule has 1 aromatic carbocycles. The van der Waals surface area contributed by atoms with Crippen LogP contribution in [-0.4, -0.2) is 28.4 Å². The van der Waals surface area contributed by atoms with Crippen LogP contribution in [0.1, 0.15) is 76.8 Å². The van der Waals surface area contributed by atoms with Gasteiger partial charge in [-0.2, -0.15) is 0 Å². The zero-order chi connectivity index (χ0) is 21.2. The minimum Gasteiger partial charge on any atom is -0.481 e. The average Bonchev–Trinajstić information content (AvgIpc) is 2.64. The molecule has 1 fully saturated rings. The van der Waals surface area contributed by atoms with Gasteiger partial charge in [0.25, 0.3) is 0 Å². The number of rotatable bonds is 6. The third kappa shape index (κ3) is 5.03. The molecule has 1 aromatic rings. The number of hydrogen-bond acceptors (Lipinski definition) is 2. The van der Waals surface area contributed by atoms with Gasteiger partial charge in [-0.3, -0.25) is 9.59 Å². The Bertz CT molecular complexity index is 824. The van der Waals surface area contributed by atoms with Crippen LogP contribution >= 0.6 is 11.6 Å². The van der Waals surface area contributed by atoms with E-state index in [0.29, 0.717) is 6.42 Å². The van der Waals surface area contributed by atoms with Crippen molar-refractivity contribution in [3.8, 4) is 0 Å². The summed E-state index contributed by atoms with van der Waals surface area (Å²) in [4.78, 5) is 25.4. The first kappa shape index (κ1) is 21.9. The smallest absolute Gasteiger partial charge is 0.305 e. The molecular formula is C24H32ClNO3. The predicted octanol–water partition coefficient (Wildman–Crippen LogP) is 5.72. The lowest BCUT2D eigenvalue weighted by Crippen LogP contribution is -2.44. The highest BCUT2D eigenvalue weighted by Crippen LogP contribution is 2.49. The van der Waals surface area contributed by atoms with Gasteiger partial charge in [-0.1, -0.05) is 50.9 Å². The fourth-order valence-corrected chi connectivity index (χ4v) is 4.82. The summed E-state index contributed by atoms with van der Waals surface area (Å²) in [7, 11) is 0. The molecule has 0 unspecified atom stereocenters. The van der Waals surface area contributed by atoms with E-state index in [1.54, 1.807) is 4.90 Å². The van der Waals surface area contributed by atoms with Gasteiger partial charge < -0.3 is 10.0 Å². The van der Waals surface area contributed by atoms with Gasteiger partial charge >= 0.3 is 5.97 Å². The highest BCUT2D eigenvalue weighted by molar-refractivity contribution is 6.31. The van der Waals surface area contributed by atoms with E-state index in [2.05, 4.69) is 39.0 Å². The zero-order valence-corrected chi connectivity index (χ0v) is 18.5. The molecule has 158 valence electrons. The molecule has 0 radical (unpaired) electrons. The van der Waals surface area contributed by atoms with Crippen LogP contribution in [-0.2, 0) is 21.4 Å². The van der Waals surface area contributed by atoms with Crippen LogP contribution in [0.2, 0.25) is 5.02 Å². The Hall–Kier alpha value is -1.81. The third-order valence-electron chi connectivity index (χ3n) is 6.32. The number of halogens is 1. The number of carboxylic acids is 1. The van der Waals surface area contributed by atoms with E-state index in [9.17, 15) is 9.59 Å². The molecule has 1 aliphatic carbocycles. The molecule has 1 heterocycles. The van der Waals surface area contributed by atoms with E-state index in [0.717, 1.165) is 54.7 Å². The molecule has 1 aliphatic heterocycles. The number of aliphatic carboxylic acids is 1. The SMILES string of the molecule is CC(C)(C)CCc1ccc([C@]23CCCCC2=CN(CCC(=O)O)C(=O)C3)cc1Cl. The van der Waals surface area contributed by atoms with Gasteiger partial charge in [0, 0.05) is 29.6 Å². The number of hydrogen-bond donors (Lipinski definition) is 1. The van der Waals surface area contributed by atoms with E-state index in [4.69, 9.17) is 16.7 Å². The van der Waals surface area contributed by atoms with Gasteiger partial charge in [0.1, 0.15) is 0 Å². The van der Waals surface area contributed by atoms with E-state index in [1.807, 2.05) is 6.20 Å². The van der Waals surface area contributed by atoms with Crippen LogP contribution in [0.25, 0.3) is 0 Å². The number of allylic oxidation sites excluding steroid dienone is 1. The Labute approximate surface area is 178 Å². The Morgan fingerprint density at radius 1 is 1.28 bits per heavy atom. The van der Waals surface area contributed by atoms with Crippen LogP contribution in [0, 0.1) is 5.41 Å². The van der Waals surface area contributed by atoms with Gasteiger partial charge in [0.2, 0.25) is 5.91 Å². The van der Waals surface area contributed by atoms with Crippen LogP contribution in [0.5, 0.6) is 0 Å². The second kappa shape index (κ2) is 8.51. The van der Waals surface area contributed by atoms with Crippen molar-refractivity contribution in [2.45, 2.75) is 77.6 Å². The normalized spacial score (nSPS) is 22.3. The van der Waals surface area contributed by atoms with Crippen LogP contribution in [0.3, 0.4) is 0 Å². The Kier molecular flexibility index (Phi) is 6.42. The molecule has 29 heavy (non-hydrogen) atoms. The summed E-state index contributed by atoms with van der Waals surface area (Å²) in [5.74, 6) is -0.876. The lowest BCUT2D eigenvalue weighted by molar-refractivity contribution is -0.138. The largest absolute Gasteiger partial charge is 0.481 e. The maximum absolute atomic E-state index is 12.9. The summed E-state index contributed by atoms with van der Waals surface area (Å²) in [5.41, 5.74) is 3.50. The minimum absolute atomic E-state index is 0.00447. The molecular weight excluding hydrogens is 386 g/mol. The topological polar surface area (TPSA) is 57.6 Å². The number of carbonyl (C=O) groups is 2. The molecule has 1 N–H and O–H groups in total. The van der Waals surface area contributed by atoms with Crippen molar-refractivity contribution in [2.24, 2.45) is 5.41 Å². The number of fused-ring (bicyclic) bond motifs is 1. The molecule has 4 nitrogen and oxygen atoms in total. The molecule has 5 heteroatoms. The summed E-state index contributed by atoms with van der Waals surface area (Å²) >= 11 is 6.67. The first-order valence-corrected chi connectivity index (χ1v) is 11.0. The van der Waals surface area contributed by atoms with Crippen LogP contribution in [0.4, 0.5) is 0 Å². The number of carbonyl (C=O) groups excluding carboxylic acids is 1. The summed E-state index contributed by atoms with van der Waals surface area (Å²) in [6.07, 6.45) is 8.38. The standard InChI is InChI=1S/C24H32ClNO3/c1-23(2,3)12-9-17-7-8-18(14-20(17)25)24-11-5-4-6-19(24)16-26(21(27)15-24)13-10-22(28)29/h7-8,14,16H,4-6,9-13,15H2,1-3H3,(H,28,29)/t24-/m1/s1. The second-order valence-electron chi connectivity index (χ2n) is 9.72. The van der Waals surface area contributed by atoms with Crippen molar-refractivity contribution in [2.75, 3.05) is 6.54 Å². The van der Waals surface area contributed by atoms with Crippen LogP contribution < -0.4 is 0 Å². The van der Waals surface area contributed by atoms with Gasteiger partial charge in [-0.05, 0) is 60.3 Å². The maximum Gasteiger partial charge on any atom is 0.305 e. The number of amides is 1. The highest BCUT2D eigenvalue weighted by atomic mass is 35.5. The Morgan fingerprint density at radius 2 is 2.03 bits per heavy atom. The van der Waals surface area contributed by atoms with Crippen molar-refractivity contribution in [1.29, 1.82) is 0 Å². The number of carboxylic acid groups (broad SMARTS) is 1. The summed E-state index contributed by atoms with van der Waals surface area (Å²) < 4.78 is 0. The van der Waals surface area contributed by atoms with E-state index in [-0.39, 0.29) is 29.7 Å². The van der Waals surface area contributed by atoms with Crippen molar-refractivity contribution >= 4 is 23.5 Å². The van der Waals surface area contributed by atoms with Crippen molar-refractivity contribution in [1.82, 2.24) is 4.90 Å². The van der Waals surface area contributed by atoms with Gasteiger partial charge in [-0.25, -0.2) is 0 Å². The van der Waals surface area contributed by atoms with Crippen molar-refractivity contribution in [3.63, 3.8) is 0 Å². The van der Waals surface area contributed by atoms with Gasteiger partial charge in [0.05, 0.1) is 6.42 Å². The van der Waals surface area contributed by atoms with E-state index < -0.39 is 5.97 Å². The highest BCUT2D eigenvalue weighted by Gasteiger charge is 2.44. The fraction of sp³-hybridized carbons (Fsp3) is 0.583. The Morgan fingerprint density at radius 3 is 2.69 bits per heavy atom.